The van der Waals surface area contributed by atoms with Crippen LogP contribution in [0, 0.1) is 5.41 Å². The maximum absolute atomic E-state index is 11.3. The molecule has 1 aromatic carbocycles. The molecule has 0 saturated carbocycles. The first kappa shape index (κ1) is 15.5. The lowest BCUT2D eigenvalue weighted by molar-refractivity contribution is -0.148. The molecule has 3 N–H and O–H groups in total. The summed E-state index contributed by atoms with van der Waals surface area (Å²) in [5.74, 6) is 0.0630. The third kappa shape index (κ3) is 3.07. The molecule has 4 heteroatoms. The Balaban J connectivity index is 3.31. The molecule has 1 rings (SSSR count). The predicted octanol–water partition coefficient (Wildman–Crippen LogP) is 2.93. The number of carboxylic acid groups (broad SMARTS) is 1. The van der Waals surface area contributed by atoms with E-state index in [9.17, 15) is 9.90 Å². The van der Waals surface area contributed by atoms with Crippen molar-refractivity contribution in [3.05, 3.63) is 29.3 Å². The quantitative estimate of drug-likeness (QED) is 0.858. The van der Waals surface area contributed by atoms with Crippen LogP contribution >= 0.6 is 0 Å². The number of nitrogens with two attached hydrogens (primary N) is 1. The van der Waals surface area contributed by atoms with E-state index in [0.717, 1.165) is 11.1 Å². The van der Waals surface area contributed by atoms with Gasteiger partial charge in [-0.2, -0.15) is 0 Å². The number of hydrogen-bond donors (Lipinski definition) is 2. The van der Waals surface area contributed by atoms with Gasteiger partial charge in [-0.15, -0.1) is 0 Å². The number of methoxy groups -OCH3 is 1. The average molecular weight is 265 g/mol. The van der Waals surface area contributed by atoms with Crippen molar-refractivity contribution in [2.45, 2.75) is 39.7 Å². The van der Waals surface area contributed by atoms with Crippen molar-refractivity contribution in [1.29, 1.82) is 0 Å². The van der Waals surface area contributed by atoms with E-state index in [-0.39, 0.29) is 0 Å². The Bertz CT molecular complexity index is 466. The number of ether oxygens (including phenoxy) is 1. The highest BCUT2D eigenvalue weighted by molar-refractivity contribution is 5.75. The summed E-state index contributed by atoms with van der Waals surface area (Å²) >= 11 is 0. The maximum atomic E-state index is 11.3. The summed E-state index contributed by atoms with van der Waals surface area (Å²) in [5, 5.41) is 9.29. The van der Waals surface area contributed by atoms with Crippen molar-refractivity contribution in [2.75, 3.05) is 7.11 Å². The first-order valence-corrected chi connectivity index (χ1v) is 6.38. The van der Waals surface area contributed by atoms with Crippen molar-refractivity contribution in [2.24, 2.45) is 11.1 Å². The van der Waals surface area contributed by atoms with E-state index in [4.69, 9.17) is 10.5 Å². The fourth-order valence-corrected chi connectivity index (χ4v) is 1.88. The Kier molecular flexibility index (Phi) is 4.58. The van der Waals surface area contributed by atoms with E-state index in [0.29, 0.717) is 11.7 Å². The minimum Gasteiger partial charge on any atom is -0.496 e. The zero-order chi connectivity index (χ0) is 14.8. The highest BCUT2D eigenvalue weighted by Crippen LogP contribution is 2.37. The van der Waals surface area contributed by atoms with Gasteiger partial charge in [0, 0.05) is 11.6 Å². The summed E-state index contributed by atoms with van der Waals surface area (Å²) < 4.78 is 5.30. The zero-order valence-electron chi connectivity index (χ0n) is 12.2. The minimum absolute atomic E-state index is 0.352. The molecule has 0 aliphatic rings. The predicted molar refractivity (Wildman–Crippen MR) is 75.4 cm³/mol. The van der Waals surface area contributed by atoms with Gasteiger partial charge in [0.05, 0.1) is 12.5 Å². The van der Waals surface area contributed by atoms with Crippen LogP contribution in [0.3, 0.4) is 0 Å². The second-order valence-corrected chi connectivity index (χ2v) is 5.66. The van der Waals surface area contributed by atoms with Crippen molar-refractivity contribution >= 4 is 5.97 Å². The lowest BCUT2D eigenvalue weighted by Gasteiger charge is -2.29. The molecular weight excluding hydrogens is 242 g/mol. The summed E-state index contributed by atoms with van der Waals surface area (Å²) in [5.41, 5.74) is 6.96. The topological polar surface area (TPSA) is 72.5 Å². The Hall–Kier alpha value is -1.55. The number of rotatable bonds is 5. The van der Waals surface area contributed by atoms with Crippen LogP contribution in [0.2, 0.25) is 0 Å². The van der Waals surface area contributed by atoms with E-state index in [1.807, 2.05) is 18.2 Å². The molecule has 0 radical (unpaired) electrons. The smallest absolute Gasteiger partial charge is 0.311 e. The summed E-state index contributed by atoms with van der Waals surface area (Å²) in [4.78, 5) is 11.3. The molecular formula is C15H23NO3. The second-order valence-electron chi connectivity index (χ2n) is 5.66. The van der Waals surface area contributed by atoms with Crippen molar-refractivity contribution < 1.29 is 14.6 Å². The molecule has 1 atom stereocenters. The molecule has 0 amide bonds. The van der Waals surface area contributed by atoms with Gasteiger partial charge < -0.3 is 15.6 Å². The molecule has 0 spiro atoms. The highest BCUT2D eigenvalue weighted by atomic mass is 16.5. The molecule has 19 heavy (non-hydrogen) atoms. The molecule has 0 bridgehead atoms. The van der Waals surface area contributed by atoms with Crippen LogP contribution in [-0.4, -0.2) is 18.2 Å². The number of carboxylic acids is 1. The van der Waals surface area contributed by atoms with E-state index in [1.54, 1.807) is 21.0 Å². The highest BCUT2D eigenvalue weighted by Gasteiger charge is 2.37. The number of benzene rings is 1. The summed E-state index contributed by atoms with van der Waals surface area (Å²) in [6.07, 6.45) is 0. The monoisotopic (exact) mass is 265 g/mol. The summed E-state index contributed by atoms with van der Waals surface area (Å²) in [6.45, 7) is 7.42. The largest absolute Gasteiger partial charge is 0.496 e. The van der Waals surface area contributed by atoms with Gasteiger partial charge in [-0.05, 0) is 31.4 Å². The van der Waals surface area contributed by atoms with Crippen LogP contribution in [-0.2, 0) is 4.79 Å². The van der Waals surface area contributed by atoms with E-state index < -0.39 is 17.4 Å². The maximum Gasteiger partial charge on any atom is 0.311 e. The van der Waals surface area contributed by atoms with Crippen molar-refractivity contribution in [3.8, 4) is 5.75 Å². The number of hydrogen-bond acceptors (Lipinski definition) is 3. The molecule has 0 saturated heterocycles. The van der Waals surface area contributed by atoms with E-state index in [1.165, 1.54) is 0 Å². The minimum atomic E-state index is -1.05. The van der Waals surface area contributed by atoms with Crippen LogP contribution in [0.25, 0.3) is 0 Å². The molecule has 0 heterocycles. The fourth-order valence-electron chi connectivity index (χ4n) is 1.88. The first-order chi connectivity index (χ1) is 8.71. The molecule has 1 aromatic rings. The fraction of sp³-hybridized carbons (Fsp3) is 0.533. The molecule has 0 aliphatic carbocycles. The SMILES string of the molecule is COc1ccc(C(C)C)cc1C(N)C(C)(C)C(=O)O. The van der Waals surface area contributed by atoms with Crippen LogP contribution < -0.4 is 10.5 Å². The van der Waals surface area contributed by atoms with Crippen LogP contribution in [0.5, 0.6) is 5.75 Å². The van der Waals surface area contributed by atoms with Crippen LogP contribution in [0.15, 0.2) is 18.2 Å². The zero-order valence-corrected chi connectivity index (χ0v) is 12.2. The number of aliphatic carboxylic acids is 1. The van der Waals surface area contributed by atoms with Gasteiger partial charge in [-0.3, -0.25) is 4.79 Å². The summed E-state index contributed by atoms with van der Waals surface area (Å²) in [6, 6.07) is 5.15. The molecule has 0 aromatic heterocycles. The molecule has 106 valence electrons. The standard InChI is InChI=1S/C15H23NO3/c1-9(2)10-6-7-12(19-5)11(8-10)13(16)15(3,4)14(17)18/h6-9,13H,16H2,1-5H3,(H,17,18). The molecule has 1 unspecified atom stereocenters. The van der Waals surface area contributed by atoms with Crippen LogP contribution in [0.4, 0.5) is 0 Å². The Morgan fingerprint density at radius 2 is 1.95 bits per heavy atom. The number of carbonyl (C=O) groups is 1. The normalized spacial score (nSPS) is 13.4. The molecule has 4 nitrogen and oxygen atoms in total. The van der Waals surface area contributed by atoms with Gasteiger partial charge in [-0.25, -0.2) is 0 Å². The third-order valence-corrected chi connectivity index (χ3v) is 3.58. The van der Waals surface area contributed by atoms with Crippen LogP contribution in [0.1, 0.15) is 50.8 Å². The van der Waals surface area contributed by atoms with Gasteiger partial charge >= 0.3 is 5.97 Å². The molecule has 0 fully saturated rings. The van der Waals surface area contributed by atoms with Gasteiger partial charge in [0.25, 0.3) is 0 Å². The van der Waals surface area contributed by atoms with E-state index in [2.05, 4.69) is 13.8 Å². The Morgan fingerprint density at radius 1 is 1.37 bits per heavy atom. The first-order valence-electron chi connectivity index (χ1n) is 6.38. The Labute approximate surface area is 114 Å². The lowest BCUT2D eigenvalue weighted by atomic mass is 9.80. The molecule has 0 aliphatic heterocycles. The van der Waals surface area contributed by atoms with Gasteiger partial charge in [-0.1, -0.05) is 26.0 Å². The van der Waals surface area contributed by atoms with Gasteiger partial charge in [0.2, 0.25) is 0 Å². The third-order valence-electron chi connectivity index (χ3n) is 3.58. The van der Waals surface area contributed by atoms with Gasteiger partial charge in [0.1, 0.15) is 5.75 Å². The average Bonchev–Trinajstić information content (AvgIpc) is 2.36. The summed E-state index contributed by atoms with van der Waals surface area (Å²) in [7, 11) is 1.56. The van der Waals surface area contributed by atoms with E-state index >= 15 is 0 Å². The second kappa shape index (κ2) is 5.61. The Morgan fingerprint density at radius 3 is 2.37 bits per heavy atom. The van der Waals surface area contributed by atoms with Crippen molar-refractivity contribution in [1.82, 2.24) is 0 Å². The lowest BCUT2D eigenvalue weighted by Crippen LogP contribution is -2.36. The van der Waals surface area contributed by atoms with Crippen molar-refractivity contribution in [3.63, 3.8) is 0 Å². The van der Waals surface area contributed by atoms with Gasteiger partial charge in [0.15, 0.2) is 0 Å².